The Morgan fingerprint density at radius 3 is 2.71 bits per heavy atom. The van der Waals surface area contributed by atoms with E-state index >= 15 is 0 Å². The van der Waals surface area contributed by atoms with Gasteiger partial charge in [-0.1, -0.05) is 6.07 Å². The molecule has 6 heteroatoms. The highest BCUT2D eigenvalue weighted by Gasteiger charge is 2.30. The molecule has 1 aliphatic heterocycles. The third-order valence-corrected chi connectivity index (χ3v) is 4.75. The predicted molar refractivity (Wildman–Crippen MR) is 107 cm³/mol. The zero-order valence-corrected chi connectivity index (χ0v) is 15.5. The number of anilines is 1. The zero-order valence-electron chi connectivity index (χ0n) is 15.5. The first kappa shape index (κ1) is 18.1. The van der Waals surface area contributed by atoms with Gasteiger partial charge in [0.25, 0.3) is 0 Å². The molecular formula is C22H22N4O2. The summed E-state index contributed by atoms with van der Waals surface area (Å²) in [5.74, 6) is 1.40. The van der Waals surface area contributed by atoms with Crippen LogP contribution in [0, 0.1) is 0 Å². The van der Waals surface area contributed by atoms with Crippen LogP contribution in [0.25, 0.3) is 0 Å². The van der Waals surface area contributed by atoms with Crippen LogP contribution in [0.3, 0.4) is 0 Å². The molecule has 1 aromatic carbocycles. The smallest absolute Gasteiger partial charge is 0.241 e. The first-order valence-corrected chi connectivity index (χ1v) is 9.41. The van der Waals surface area contributed by atoms with Gasteiger partial charge in [0.2, 0.25) is 5.91 Å². The largest absolute Gasteiger partial charge is 0.456 e. The van der Waals surface area contributed by atoms with Gasteiger partial charge in [-0.3, -0.25) is 19.7 Å². The molecule has 3 heterocycles. The molecule has 0 spiro atoms. The molecule has 1 aliphatic rings. The number of pyridine rings is 2. The number of benzene rings is 1. The van der Waals surface area contributed by atoms with Crippen molar-refractivity contribution in [2.75, 3.05) is 11.9 Å². The number of hydrogen-bond acceptors (Lipinski definition) is 5. The Hall–Kier alpha value is -3.25. The third-order valence-electron chi connectivity index (χ3n) is 4.75. The Kier molecular flexibility index (Phi) is 5.58. The van der Waals surface area contributed by atoms with Gasteiger partial charge in [-0.25, -0.2) is 0 Å². The summed E-state index contributed by atoms with van der Waals surface area (Å²) in [4.78, 5) is 23.4. The van der Waals surface area contributed by atoms with Gasteiger partial charge in [-0.2, -0.15) is 0 Å². The van der Waals surface area contributed by atoms with Crippen LogP contribution in [0.2, 0.25) is 0 Å². The minimum atomic E-state index is -0.131. The van der Waals surface area contributed by atoms with Crippen molar-refractivity contribution >= 4 is 11.6 Å². The fourth-order valence-electron chi connectivity index (χ4n) is 3.39. The molecule has 0 unspecified atom stereocenters. The van der Waals surface area contributed by atoms with Gasteiger partial charge in [-0.05, 0) is 67.9 Å². The Morgan fingerprint density at radius 2 is 1.96 bits per heavy atom. The van der Waals surface area contributed by atoms with Crippen LogP contribution in [0.5, 0.6) is 11.5 Å². The second kappa shape index (κ2) is 8.63. The number of amides is 1. The maximum absolute atomic E-state index is 12.8. The number of nitrogens with zero attached hydrogens (tertiary/aromatic N) is 3. The fourth-order valence-corrected chi connectivity index (χ4v) is 3.39. The predicted octanol–water partition coefficient (Wildman–Crippen LogP) is 3.87. The van der Waals surface area contributed by atoms with Crippen LogP contribution in [0.4, 0.5) is 5.69 Å². The molecule has 4 rings (SSSR count). The van der Waals surface area contributed by atoms with Gasteiger partial charge < -0.3 is 10.1 Å². The van der Waals surface area contributed by atoms with E-state index in [9.17, 15) is 4.79 Å². The Labute approximate surface area is 164 Å². The van der Waals surface area contributed by atoms with Crippen molar-refractivity contribution in [3.05, 3.63) is 78.9 Å². The van der Waals surface area contributed by atoms with Crippen LogP contribution in [0.1, 0.15) is 18.5 Å². The lowest BCUT2D eigenvalue weighted by molar-refractivity contribution is -0.120. The van der Waals surface area contributed by atoms with Crippen LogP contribution in [-0.2, 0) is 11.3 Å². The monoisotopic (exact) mass is 374 g/mol. The number of nitrogens with one attached hydrogen (secondary N) is 1. The molecule has 6 nitrogen and oxygen atoms in total. The van der Waals surface area contributed by atoms with E-state index in [1.54, 1.807) is 18.6 Å². The second-order valence-corrected chi connectivity index (χ2v) is 6.75. The quantitative estimate of drug-likeness (QED) is 0.709. The van der Waals surface area contributed by atoms with Gasteiger partial charge in [0.1, 0.15) is 11.5 Å². The molecule has 28 heavy (non-hydrogen) atoms. The highest BCUT2D eigenvalue weighted by atomic mass is 16.5. The van der Waals surface area contributed by atoms with E-state index < -0.39 is 0 Å². The van der Waals surface area contributed by atoms with Gasteiger partial charge in [0.15, 0.2) is 0 Å². The van der Waals surface area contributed by atoms with Crippen LogP contribution < -0.4 is 10.1 Å². The molecule has 0 radical (unpaired) electrons. The van der Waals surface area contributed by atoms with Crippen molar-refractivity contribution in [2.45, 2.75) is 25.4 Å². The number of ether oxygens (including phenoxy) is 1. The number of rotatable bonds is 6. The zero-order chi connectivity index (χ0) is 19.2. The summed E-state index contributed by atoms with van der Waals surface area (Å²) in [6.45, 7) is 1.60. The molecule has 1 N–H and O–H groups in total. The molecule has 0 aliphatic carbocycles. The minimum absolute atomic E-state index is 0.0226. The molecule has 3 aromatic rings. The van der Waals surface area contributed by atoms with E-state index in [-0.39, 0.29) is 11.9 Å². The molecule has 1 atom stereocenters. The summed E-state index contributed by atoms with van der Waals surface area (Å²) >= 11 is 0. The standard InChI is InChI=1S/C22H22N4O2/c27-22(21-7-4-14-26(21)16-18-5-1-2-13-24-18)25-17-8-10-19(11-9-17)28-20-6-3-12-23-15-20/h1-3,5-6,8-13,15,21H,4,7,14,16H2,(H,25,27)/t21-/m1/s1. The molecule has 2 aromatic heterocycles. The van der Waals surface area contributed by atoms with Crippen molar-refractivity contribution in [2.24, 2.45) is 0 Å². The van der Waals surface area contributed by atoms with E-state index in [1.807, 2.05) is 54.6 Å². The van der Waals surface area contributed by atoms with Crippen molar-refractivity contribution in [1.82, 2.24) is 14.9 Å². The topological polar surface area (TPSA) is 67.3 Å². The molecule has 142 valence electrons. The first-order chi connectivity index (χ1) is 13.8. The fraction of sp³-hybridized carbons (Fsp3) is 0.227. The second-order valence-electron chi connectivity index (χ2n) is 6.75. The van der Waals surface area contributed by atoms with Crippen molar-refractivity contribution in [1.29, 1.82) is 0 Å². The summed E-state index contributed by atoms with van der Waals surface area (Å²) in [7, 11) is 0. The van der Waals surface area contributed by atoms with Gasteiger partial charge in [0, 0.05) is 24.6 Å². The first-order valence-electron chi connectivity index (χ1n) is 9.41. The lowest BCUT2D eigenvalue weighted by Gasteiger charge is -2.23. The normalized spacial score (nSPS) is 16.6. The highest BCUT2D eigenvalue weighted by Crippen LogP contribution is 2.24. The Balaban J connectivity index is 1.36. The van der Waals surface area contributed by atoms with Gasteiger partial charge in [0.05, 0.1) is 17.9 Å². The lowest BCUT2D eigenvalue weighted by atomic mass is 10.2. The summed E-state index contributed by atoms with van der Waals surface area (Å²) in [5.41, 5.74) is 1.74. The average molecular weight is 374 g/mol. The van der Waals surface area contributed by atoms with Crippen molar-refractivity contribution < 1.29 is 9.53 Å². The molecule has 0 bridgehead atoms. The summed E-state index contributed by atoms with van der Waals surface area (Å²) < 4.78 is 5.73. The van der Waals surface area contributed by atoms with E-state index in [1.165, 1.54) is 0 Å². The van der Waals surface area contributed by atoms with E-state index in [2.05, 4.69) is 20.2 Å². The van der Waals surface area contributed by atoms with Gasteiger partial charge >= 0.3 is 0 Å². The number of carbonyl (C=O) groups is 1. The number of carbonyl (C=O) groups excluding carboxylic acids is 1. The lowest BCUT2D eigenvalue weighted by Crippen LogP contribution is -2.39. The molecular weight excluding hydrogens is 352 g/mol. The van der Waals surface area contributed by atoms with Crippen molar-refractivity contribution in [3.63, 3.8) is 0 Å². The summed E-state index contributed by atoms with van der Waals surface area (Å²) in [5, 5.41) is 3.02. The van der Waals surface area contributed by atoms with E-state index in [0.29, 0.717) is 18.0 Å². The van der Waals surface area contributed by atoms with Crippen LogP contribution in [-0.4, -0.2) is 33.4 Å². The molecule has 0 saturated carbocycles. The molecule has 1 fully saturated rings. The number of hydrogen-bond donors (Lipinski definition) is 1. The summed E-state index contributed by atoms with van der Waals surface area (Å²) in [6.07, 6.45) is 7.02. The Morgan fingerprint density at radius 1 is 1.07 bits per heavy atom. The SMILES string of the molecule is O=C(Nc1ccc(Oc2cccnc2)cc1)[C@H]1CCCN1Cc1ccccn1. The third kappa shape index (κ3) is 4.53. The van der Waals surface area contributed by atoms with Crippen LogP contribution >= 0.6 is 0 Å². The van der Waals surface area contributed by atoms with Crippen molar-refractivity contribution in [3.8, 4) is 11.5 Å². The number of likely N-dealkylation sites (tertiary alicyclic amines) is 1. The maximum atomic E-state index is 12.8. The Bertz CT molecular complexity index is 901. The minimum Gasteiger partial charge on any atom is -0.456 e. The number of aromatic nitrogens is 2. The average Bonchev–Trinajstić information content (AvgIpc) is 3.19. The summed E-state index contributed by atoms with van der Waals surface area (Å²) in [6, 6.07) is 16.8. The molecule has 1 saturated heterocycles. The molecule has 1 amide bonds. The van der Waals surface area contributed by atoms with Gasteiger partial charge in [-0.15, -0.1) is 0 Å². The van der Waals surface area contributed by atoms with Crippen LogP contribution in [0.15, 0.2) is 73.2 Å². The van der Waals surface area contributed by atoms with E-state index in [4.69, 9.17) is 4.74 Å². The maximum Gasteiger partial charge on any atom is 0.241 e. The highest BCUT2D eigenvalue weighted by molar-refractivity contribution is 5.95. The van der Waals surface area contributed by atoms with E-state index in [0.717, 1.165) is 30.8 Å².